The lowest BCUT2D eigenvalue weighted by atomic mass is 10.1. The fourth-order valence-corrected chi connectivity index (χ4v) is 2.12. The maximum absolute atomic E-state index is 10.5. The van der Waals surface area contributed by atoms with Crippen molar-refractivity contribution in [1.29, 1.82) is 0 Å². The van der Waals surface area contributed by atoms with Gasteiger partial charge in [0.15, 0.2) is 5.75 Å². The molecule has 1 aromatic rings. The SMILES string of the molecule is O=C(O)Cn1cc(OCCN2CCCCC2)cn1. The Balaban J connectivity index is 1.69. The van der Waals surface area contributed by atoms with Crippen molar-refractivity contribution in [2.24, 2.45) is 0 Å². The molecular formula is C12H19N3O3. The molecule has 0 atom stereocenters. The number of aromatic nitrogens is 2. The van der Waals surface area contributed by atoms with Crippen molar-refractivity contribution in [2.45, 2.75) is 25.8 Å². The van der Waals surface area contributed by atoms with Gasteiger partial charge in [-0.1, -0.05) is 6.42 Å². The lowest BCUT2D eigenvalue weighted by Gasteiger charge is -2.25. The summed E-state index contributed by atoms with van der Waals surface area (Å²) >= 11 is 0. The average molecular weight is 253 g/mol. The number of carbonyl (C=O) groups is 1. The van der Waals surface area contributed by atoms with Gasteiger partial charge in [-0.3, -0.25) is 14.4 Å². The third-order valence-electron chi connectivity index (χ3n) is 3.03. The van der Waals surface area contributed by atoms with Gasteiger partial charge in [0.25, 0.3) is 0 Å². The number of nitrogens with zero attached hydrogens (tertiary/aromatic N) is 3. The van der Waals surface area contributed by atoms with Gasteiger partial charge in [0.05, 0.1) is 12.4 Å². The summed E-state index contributed by atoms with van der Waals surface area (Å²) in [5.41, 5.74) is 0. The summed E-state index contributed by atoms with van der Waals surface area (Å²) in [7, 11) is 0. The maximum atomic E-state index is 10.5. The molecule has 18 heavy (non-hydrogen) atoms. The third-order valence-corrected chi connectivity index (χ3v) is 3.03. The Morgan fingerprint density at radius 2 is 2.17 bits per heavy atom. The lowest BCUT2D eigenvalue weighted by Crippen LogP contribution is -2.33. The van der Waals surface area contributed by atoms with E-state index < -0.39 is 5.97 Å². The highest BCUT2D eigenvalue weighted by Gasteiger charge is 2.10. The van der Waals surface area contributed by atoms with Crippen molar-refractivity contribution in [3.8, 4) is 5.75 Å². The molecule has 1 aliphatic rings. The number of likely N-dealkylation sites (tertiary alicyclic amines) is 1. The molecule has 0 amide bonds. The molecule has 1 aliphatic heterocycles. The molecule has 1 aromatic heterocycles. The molecule has 6 nitrogen and oxygen atoms in total. The van der Waals surface area contributed by atoms with E-state index in [1.165, 1.54) is 23.9 Å². The molecule has 1 saturated heterocycles. The molecule has 2 heterocycles. The minimum absolute atomic E-state index is 0.129. The van der Waals surface area contributed by atoms with Crippen LogP contribution in [0.1, 0.15) is 19.3 Å². The average Bonchev–Trinajstić information content (AvgIpc) is 2.77. The quantitative estimate of drug-likeness (QED) is 0.813. The topological polar surface area (TPSA) is 67.6 Å². The maximum Gasteiger partial charge on any atom is 0.325 e. The van der Waals surface area contributed by atoms with Crippen molar-refractivity contribution < 1.29 is 14.6 Å². The monoisotopic (exact) mass is 253 g/mol. The van der Waals surface area contributed by atoms with Crippen LogP contribution >= 0.6 is 0 Å². The number of hydrogen-bond acceptors (Lipinski definition) is 4. The van der Waals surface area contributed by atoms with E-state index in [-0.39, 0.29) is 6.54 Å². The zero-order valence-electron chi connectivity index (χ0n) is 10.4. The summed E-state index contributed by atoms with van der Waals surface area (Å²) in [6.45, 7) is 3.72. The molecule has 1 N–H and O–H groups in total. The van der Waals surface area contributed by atoms with Crippen molar-refractivity contribution in [3.05, 3.63) is 12.4 Å². The number of ether oxygens (including phenoxy) is 1. The standard InChI is InChI=1S/C12H19N3O3/c16-12(17)10-15-9-11(8-13-15)18-7-6-14-4-2-1-3-5-14/h8-9H,1-7,10H2,(H,16,17). The third kappa shape index (κ3) is 4.03. The van der Waals surface area contributed by atoms with Crippen LogP contribution < -0.4 is 4.74 Å². The van der Waals surface area contributed by atoms with E-state index in [2.05, 4.69) is 10.00 Å². The van der Waals surface area contributed by atoms with E-state index >= 15 is 0 Å². The molecule has 100 valence electrons. The number of carboxylic acids is 1. The zero-order valence-corrected chi connectivity index (χ0v) is 10.4. The first kappa shape index (κ1) is 12.9. The first-order chi connectivity index (χ1) is 8.74. The van der Waals surface area contributed by atoms with E-state index in [0.29, 0.717) is 12.4 Å². The van der Waals surface area contributed by atoms with E-state index in [1.807, 2.05) is 0 Å². The van der Waals surface area contributed by atoms with Crippen LogP contribution in [0.5, 0.6) is 5.75 Å². The minimum Gasteiger partial charge on any atom is -0.489 e. The minimum atomic E-state index is -0.905. The molecule has 0 saturated carbocycles. The highest BCUT2D eigenvalue weighted by atomic mass is 16.5. The zero-order chi connectivity index (χ0) is 12.8. The summed E-state index contributed by atoms with van der Waals surface area (Å²) in [5, 5.41) is 12.5. The van der Waals surface area contributed by atoms with Gasteiger partial charge in [0.1, 0.15) is 13.2 Å². The van der Waals surface area contributed by atoms with Crippen LogP contribution in [0.4, 0.5) is 0 Å². The van der Waals surface area contributed by atoms with Gasteiger partial charge in [0, 0.05) is 6.54 Å². The lowest BCUT2D eigenvalue weighted by molar-refractivity contribution is -0.137. The Labute approximate surface area is 106 Å². The summed E-state index contributed by atoms with van der Waals surface area (Å²) in [5.74, 6) is -0.272. The Hall–Kier alpha value is -1.56. The van der Waals surface area contributed by atoms with Crippen LogP contribution in [0.25, 0.3) is 0 Å². The molecular weight excluding hydrogens is 234 g/mol. The Bertz CT molecular complexity index is 386. The van der Waals surface area contributed by atoms with Gasteiger partial charge in [-0.05, 0) is 25.9 Å². The molecule has 0 aliphatic carbocycles. The Morgan fingerprint density at radius 1 is 1.39 bits per heavy atom. The Kier molecular flexibility index (Phi) is 4.58. The Morgan fingerprint density at radius 3 is 2.89 bits per heavy atom. The van der Waals surface area contributed by atoms with Crippen molar-refractivity contribution in [2.75, 3.05) is 26.2 Å². The number of piperidine rings is 1. The molecule has 6 heteroatoms. The van der Waals surface area contributed by atoms with Crippen molar-refractivity contribution in [3.63, 3.8) is 0 Å². The molecule has 0 aromatic carbocycles. The molecule has 2 rings (SSSR count). The summed E-state index contributed by atoms with van der Waals surface area (Å²) in [6.07, 6.45) is 7.05. The van der Waals surface area contributed by atoms with E-state index in [9.17, 15) is 4.79 Å². The fourth-order valence-electron chi connectivity index (χ4n) is 2.12. The summed E-state index contributed by atoms with van der Waals surface area (Å²) in [6, 6.07) is 0. The predicted molar refractivity (Wildman–Crippen MR) is 65.6 cm³/mol. The second kappa shape index (κ2) is 6.39. The molecule has 0 unspecified atom stereocenters. The highest BCUT2D eigenvalue weighted by molar-refractivity contribution is 5.66. The number of carboxylic acid groups (broad SMARTS) is 1. The van der Waals surface area contributed by atoms with Crippen molar-refractivity contribution >= 4 is 5.97 Å². The van der Waals surface area contributed by atoms with Gasteiger partial charge in [-0.2, -0.15) is 5.10 Å². The molecule has 0 spiro atoms. The van der Waals surface area contributed by atoms with Gasteiger partial charge in [0.2, 0.25) is 0 Å². The van der Waals surface area contributed by atoms with E-state index in [4.69, 9.17) is 9.84 Å². The van der Waals surface area contributed by atoms with Crippen LogP contribution in [0.3, 0.4) is 0 Å². The second-order valence-electron chi connectivity index (χ2n) is 4.52. The second-order valence-corrected chi connectivity index (χ2v) is 4.52. The largest absolute Gasteiger partial charge is 0.489 e. The first-order valence-electron chi connectivity index (χ1n) is 6.33. The summed E-state index contributed by atoms with van der Waals surface area (Å²) in [4.78, 5) is 12.9. The normalized spacial score (nSPS) is 16.7. The highest BCUT2D eigenvalue weighted by Crippen LogP contribution is 2.10. The van der Waals surface area contributed by atoms with E-state index in [0.717, 1.165) is 19.6 Å². The van der Waals surface area contributed by atoms with Crippen LogP contribution in [-0.2, 0) is 11.3 Å². The van der Waals surface area contributed by atoms with Gasteiger partial charge >= 0.3 is 5.97 Å². The van der Waals surface area contributed by atoms with Gasteiger partial charge < -0.3 is 9.84 Å². The predicted octanol–water partition coefficient (Wildman–Crippen LogP) is 0.832. The summed E-state index contributed by atoms with van der Waals surface area (Å²) < 4.78 is 6.91. The fraction of sp³-hybridized carbons (Fsp3) is 0.667. The van der Waals surface area contributed by atoms with Gasteiger partial charge in [-0.15, -0.1) is 0 Å². The van der Waals surface area contributed by atoms with Crippen LogP contribution in [0.2, 0.25) is 0 Å². The first-order valence-corrected chi connectivity index (χ1v) is 6.33. The molecule has 0 bridgehead atoms. The van der Waals surface area contributed by atoms with Crippen LogP contribution in [0.15, 0.2) is 12.4 Å². The van der Waals surface area contributed by atoms with Crippen LogP contribution in [-0.4, -0.2) is 52.0 Å². The number of aliphatic carboxylic acids is 1. The van der Waals surface area contributed by atoms with Crippen molar-refractivity contribution in [1.82, 2.24) is 14.7 Å². The molecule has 0 radical (unpaired) electrons. The smallest absolute Gasteiger partial charge is 0.325 e. The molecule has 1 fully saturated rings. The number of hydrogen-bond donors (Lipinski definition) is 1. The van der Waals surface area contributed by atoms with Crippen LogP contribution in [0, 0.1) is 0 Å². The number of rotatable bonds is 6. The van der Waals surface area contributed by atoms with Gasteiger partial charge in [-0.25, -0.2) is 0 Å². The van der Waals surface area contributed by atoms with E-state index in [1.54, 1.807) is 12.4 Å².